The Kier molecular flexibility index (Phi) is 7.57. The summed E-state index contributed by atoms with van der Waals surface area (Å²) in [5, 5.41) is 7.47. The van der Waals surface area contributed by atoms with Crippen molar-refractivity contribution in [2.75, 3.05) is 59.4 Å². The third-order valence-corrected chi connectivity index (χ3v) is 4.42. The van der Waals surface area contributed by atoms with Gasteiger partial charge in [0.15, 0.2) is 5.96 Å². The fraction of sp³-hybridized carbons (Fsp3) is 0.733. The maximum absolute atomic E-state index is 4.89. The lowest BCUT2D eigenvalue weighted by molar-refractivity contribution is 0.166. The minimum atomic E-state index is 0. The molecule has 2 aliphatic rings. The summed E-state index contributed by atoms with van der Waals surface area (Å²) in [5.41, 5.74) is 1.01. The molecule has 0 aliphatic carbocycles. The number of rotatable bonds is 5. The number of hydrogen-bond donors (Lipinski definition) is 1. The third kappa shape index (κ3) is 5.32. The molecule has 3 rings (SSSR count). The second kappa shape index (κ2) is 9.43. The van der Waals surface area contributed by atoms with E-state index >= 15 is 0 Å². The molecule has 7 nitrogen and oxygen atoms in total. The molecular weight excluding hydrogens is 407 g/mol. The summed E-state index contributed by atoms with van der Waals surface area (Å²) < 4.78 is 4.89. The zero-order chi connectivity index (χ0) is 15.2. The Balaban J connectivity index is 0.00000192. The summed E-state index contributed by atoms with van der Waals surface area (Å²) in [6.07, 6.45) is 2.98. The molecule has 1 aromatic rings. The first-order valence-corrected chi connectivity index (χ1v) is 8.15. The number of piperazine rings is 1. The van der Waals surface area contributed by atoms with Crippen molar-refractivity contribution in [3.63, 3.8) is 0 Å². The van der Waals surface area contributed by atoms with Crippen molar-refractivity contribution in [2.45, 2.75) is 13.0 Å². The highest BCUT2D eigenvalue weighted by molar-refractivity contribution is 14.0. The van der Waals surface area contributed by atoms with E-state index < -0.39 is 0 Å². The zero-order valence-electron chi connectivity index (χ0n) is 13.8. The molecule has 0 amide bonds. The normalized spacial score (nSPS) is 20.0. The molecule has 0 bridgehead atoms. The van der Waals surface area contributed by atoms with Crippen LogP contribution in [-0.4, -0.2) is 85.2 Å². The summed E-state index contributed by atoms with van der Waals surface area (Å²) in [5.74, 6) is 1.03. The van der Waals surface area contributed by atoms with Crippen LogP contribution in [0, 0.1) is 0 Å². The third-order valence-electron chi connectivity index (χ3n) is 4.42. The molecule has 8 heteroatoms. The molecular formula is C15H27IN6O. The van der Waals surface area contributed by atoms with E-state index in [1.165, 1.54) is 19.5 Å². The largest absolute Gasteiger partial charge is 0.364 e. The van der Waals surface area contributed by atoms with Gasteiger partial charge in [0.25, 0.3) is 0 Å². The number of aromatic nitrogens is 1. The van der Waals surface area contributed by atoms with Crippen LogP contribution in [0.2, 0.25) is 0 Å². The van der Waals surface area contributed by atoms with Crippen LogP contribution in [0.25, 0.3) is 0 Å². The van der Waals surface area contributed by atoms with Crippen LogP contribution in [0.15, 0.2) is 21.8 Å². The number of halogens is 1. The minimum absolute atomic E-state index is 0. The highest BCUT2D eigenvalue weighted by Crippen LogP contribution is 2.07. The van der Waals surface area contributed by atoms with Crippen molar-refractivity contribution in [3.8, 4) is 0 Å². The molecule has 1 N–H and O–H groups in total. The first-order chi connectivity index (χ1) is 10.8. The van der Waals surface area contributed by atoms with Gasteiger partial charge < -0.3 is 19.6 Å². The van der Waals surface area contributed by atoms with Gasteiger partial charge in [-0.15, -0.1) is 24.0 Å². The first-order valence-electron chi connectivity index (χ1n) is 8.15. The van der Waals surface area contributed by atoms with E-state index in [1.807, 2.05) is 13.1 Å². The average molecular weight is 434 g/mol. The van der Waals surface area contributed by atoms with Crippen LogP contribution in [0.4, 0.5) is 0 Å². The number of nitrogens with one attached hydrogen (secondary N) is 1. The van der Waals surface area contributed by atoms with Gasteiger partial charge in [-0.3, -0.25) is 9.89 Å². The molecule has 3 heterocycles. The summed E-state index contributed by atoms with van der Waals surface area (Å²) in [6, 6.07) is 1.93. The van der Waals surface area contributed by atoms with Gasteiger partial charge in [-0.05, 0) is 19.5 Å². The van der Waals surface area contributed by atoms with Crippen molar-refractivity contribution in [1.29, 1.82) is 0 Å². The molecule has 2 saturated heterocycles. The average Bonchev–Trinajstić information content (AvgIpc) is 3.00. The van der Waals surface area contributed by atoms with Crippen LogP contribution >= 0.6 is 24.0 Å². The molecule has 23 heavy (non-hydrogen) atoms. The lowest BCUT2D eigenvalue weighted by Gasteiger charge is -2.36. The van der Waals surface area contributed by atoms with Crippen LogP contribution in [0.1, 0.15) is 12.1 Å². The quantitative estimate of drug-likeness (QED) is 0.418. The van der Waals surface area contributed by atoms with Crippen molar-refractivity contribution < 1.29 is 4.52 Å². The summed E-state index contributed by atoms with van der Waals surface area (Å²) in [4.78, 5) is 11.6. The van der Waals surface area contributed by atoms with Gasteiger partial charge in [0.05, 0.1) is 5.69 Å². The molecule has 0 aromatic carbocycles. The monoisotopic (exact) mass is 434 g/mol. The number of nitrogens with zero attached hydrogens (tertiary/aromatic N) is 5. The van der Waals surface area contributed by atoms with Gasteiger partial charge in [-0.2, -0.15) is 0 Å². The number of aliphatic imine (C=N–C) groups is 1. The SMILES string of the molecule is CN=C(NCCN1CCC1)N1CCN(Cc2ccon2)CC1.I. The lowest BCUT2D eigenvalue weighted by atomic mass is 10.2. The Morgan fingerprint density at radius 1 is 1.22 bits per heavy atom. The summed E-state index contributed by atoms with van der Waals surface area (Å²) in [6.45, 7) is 9.52. The van der Waals surface area contributed by atoms with Gasteiger partial charge in [0, 0.05) is 58.9 Å². The molecule has 1 aromatic heterocycles. The van der Waals surface area contributed by atoms with E-state index in [2.05, 4.69) is 30.2 Å². The smallest absolute Gasteiger partial charge is 0.193 e. The van der Waals surface area contributed by atoms with E-state index in [1.54, 1.807) is 6.26 Å². The maximum atomic E-state index is 4.89. The summed E-state index contributed by atoms with van der Waals surface area (Å²) in [7, 11) is 1.87. The topological polar surface area (TPSA) is 60.1 Å². The molecule has 2 aliphatic heterocycles. The Hall–Kier alpha value is -0.870. The van der Waals surface area contributed by atoms with Gasteiger partial charge in [-0.25, -0.2) is 0 Å². The van der Waals surface area contributed by atoms with E-state index in [4.69, 9.17) is 4.52 Å². The Bertz CT molecular complexity index is 468. The van der Waals surface area contributed by atoms with Crippen LogP contribution < -0.4 is 5.32 Å². The van der Waals surface area contributed by atoms with Crippen LogP contribution in [0.3, 0.4) is 0 Å². The minimum Gasteiger partial charge on any atom is -0.364 e. The maximum Gasteiger partial charge on any atom is 0.193 e. The second-order valence-corrected chi connectivity index (χ2v) is 5.92. The Labute approximate surface area is 155 Å². The van der Waals surface area contributed by atoms with Crippen molar-refractivity contribution in [1.82, 2.24) is 25.2 Å². The van der Waals surface area contributed by atoms with Crippen molar-refractivity contribution >= 4 is 29.9 Å². The summed E-state index contributed by atoms with van der Waals surface area (Å²) >= 11 is 0. The Morgan fingerprint density at radius 2 is 2.00 bits per heavy atom. The zero-order valence-corrected chi connectivity index (χ0v) is 16.1. The molecule has 0 radical (unpaired) electrons. The fourth-order valence-electron chi connectivity index (χ4n) is 2.93. The number of hydrogen-bond acceptors (Lipinski definition) is 5. The van der Waals surface area contributed by atoms with E-state index in [0.29, 0.717) is 0 Å². The second-order valence-electron chi connectivity index (χ2n) is 5.92. The first kappa shape index (κ1) is 18.5. The van der Waals surface area contributed by atoms with Crippen molar-refractivity contribution in [2.24, 2.45) is 4.99 Å². The van der Waals surface area contributed by atoms with Crippen LogP contribution in [-0.2, 0) is 6.54 Å². The Morgan fingerprint density at radius 3 is 2.57 bits per heavy atom. The molecule has 0 unspecified atom stereocenters. The van der Waals surface area contributed by atoms with E-state index in [0.717, 1.165) is 57.5 Å². The van der Waals surface area contributed by atoms with Gasteiger partial charge >= 0.3 is 0 Å². The molecule has 0 spiro atoms. The molecule has 0 saturated carbocycles. The van der Waals surface area contributed by atoms with Crippen molar-refractivity contribution in [3.05, 3.63) is 18.0 Å². The molecule has 0 atom stereocenters. The van der Waals surface area contributed by atoms with Gasteiger partial charge in [0.2, 0.25) is 0 Å². The number of likely N-dealkylation sites (tertiary alicyclic amines) is 1. The lowest BCUT2D eigenvalue weighted by Crippen LogP contribution is -2.53. The van der Waals surface area contributed by atoms with Gasteiger partial charge in [0.1, 0.15) is 6.26 Å². The highest BCUT2D eigenvalue weighted by Gasteiger charge is 2.20. The predicted octanol–water partition coefficient (Wildman–Crippen LogP) is 0.691. The fourth-order valence-corrected chi connectivity index (χ4v) is 2.93. The highest BCUT2D eigenvalue weighted by atomic mass is 127. The molecule has 2 fully saturated rings. The van der Waals surface area contributed by atoms with Gasteiger partial charge in [-0.1, -0.05) is 5.16 Å². The molecule has 130 valence electrons. The van der Waals surface area contributed by atoms with Crippen LogP contribution in [0.5, 0.6) is 0 Å². The van der Waals surface area contributed by atoms with E-state index in [9.17, 15) is 0 Å². The number of guanidine groups is 1. The predicted molar refractivity (Wildman–Crippen MR) is 101 cm³/mol. The standard InChI is InChI=1S/C15H26N6O.HI/c1-16-15(17-4-7-19-5-2-6-19)21-10-8-20(9-11-21)13-14-3-12-22-18-14;/h3,12H,2,4-11,13H2,1H3,(H,16,17);1H. The van der Waals surface area contributed by atoms with E-state index in [-0.39, 0.29) is 24.0 Å².